The quantitative estimate of drug-likeness (QED) is 0.765. The van der Waals surface area contributed by atoms with Crippen LogP contribution < -0.4 is 10.1 Å². The molecule has 0 spiro atoms. The van der Waals surface area contributed by atoms with Crippen LogP contribution in [0.5, 0.6) is 5.75 Å². The molecule has 1 aliphatic rings. The first-order valence-electron chi connectivity index (χ1n) is 10.00. The van der Waals surface area contributed by atoms with Crippen LogP contribution in [-0.4, -0.2) is 37.8 Å². The Morgan fingerprint density at radius 3 is 2.69 bits per heavy atom. The van der Waals surface area contributed by atoms with Gasteiger partial charge in [-0.2, -0.15) is 4.31 Å². The second kappa shape index (κ2) is 8.97. The Morgan fingerprint density at radius 1 is 1.21 bits per heavy atom. The highest BCUT2D eigenvalue weighted by Gasteiger charge is 2.31. The van der Waals surface area contributed by atoms with E-state index in [0.717, 1.165) is 19.3 Å². The number of carbonyl (C=O) groups excluding carboxylic acids is 1. The summed E-state index contributed by atoms with van der Waals surface area (Å²) in [5.41, 5.74) is 1.60. The van der Waals surface area contributed by atoms with E-state index >= 15 is 0 Å². The molecule has 0 saturated carbocycles. The topological polar surface area (TPSA) is 75.7 Å². The highest BCUT2D eigenvalue weighted by Crippen LogP contribution is 2.28. The van der Waals surface area contributed by atoms with Gasteiger partial charge in [-0.3, -0.25) is 4.79 Å². The molecule has 0 aliphatic carbocycles. The molecule has 1 atom stereocenters. The number of rotatable bonds is 6. The molecule has 1 saturated heterocycles. The molecule has 29 heavy (non-hydrogen) atoms. The van der Waals surface area contributed by atoms with Gasteiger partial charge in [0.1, 0.15) is 5.75 Å². The number of nitrogens with zero attached hydrogens (tertiary/aromatic N) is 1. The van der Waals surface area contributed by atoms with Crippen LogP contribution in [-0.2, 0) is 10.0 Å². The van der Waals surface area contributed by atoms with Crippen LogP contribution in [0.1, 0.15) is 49.0 Å². The van der Waals surface area contributed by atoms with E-state index in [9.17, 15) is 13.2 Å². The Morgan fingerprint density at radius 2 is 1.97 bits per heavy atom. The van der Waals surface area contributed by atoms with Crippen LogP contribution in [0.2, 0.25) is 0 Å². The number of piperidine rings is 1. The summed E-state index contributed by atoms with van der Waals surface area (Å²) in [4.78, 5) is 13.1. The molecule has 0 radical (unpaired) electrons. The van der Waals surface area contributed by atoms with Crippen LogP contribution in [0, 0.1) is 6.92 Å². The molecule has 0 bridgehead atoms. The lowest BCUT2D eigenvalue weighted by atomic mass is 10.1. The zero-order chi connectivity index (χ0) is 21.0. The SMILES string of the molecule is CCOc1ccccc1NC(=O)c1cc(S(=O)(=O)N2CCCCC2C)ccc1C. The van der Waals surface area contributed by atoms with Crippen LogP contribution in [0.3, 0.4) is 0 Å². The van der Waals surface area contributed by atoms with Crippen molar-refractivity contribution in [3.05, 3.63) is 53.6 Å². The molecule has 2 aromatic rings. The standard InChI is InChI=1S/C22H28N2O4S/c1-4-28-21-11-6-5-10-20(21)23-22(25)19-15-18(13-12-16(19)2)29(26,27)24-14-8-7-9-17(24)3/h5-6,10-13,15,17H,4,7-9,14H2,1-3H3,(H,23,25). The average Bonchev–Trinajstić information content (AvgIpc) is 2.70. The third-order valence-corrected chi connectivity index (χ3v) is 7.25. The molecule has 0 aromatic heterocycles. The van der Waals surface area contributed by atoms with E-state index in [4.69, 9.17) is 4.74 Å². The first-order valence-corrected chi connectivity index (χ1v) is 11.4. The van der Waals surface area contributed by atoms with Gasteiger partial charge in [0, 0.05) is 18.2 Å². The van der Waals surface area contributed by atoms with Gasteiger partial charge in [0.05, 0.1) is 17.2 Å². The van der Waals surface area contributed by atoms with Crippen LogP contribution in [0.4, 0.5) is 5.69 Å². The molecule has 7 heteroatoms. The van der Waals surface area contributed by atoms with Crippen LogP contribution in [0.15, 0.2) is 47.4 Å². The lowest BCUT2D eigenvalue weighted by molar-refractivity contribution is 0.102. The van der Waals surface area contributed by atoms with Gasteiger partial charge in [-0.15, -0.1) is 0 Å². The Bertz CT molecular complexity index is 988. The summed E-state index contributed by atoms with van der Waals surface area (Å²) in [5, 5.41) is 2.85. The Labute approximate surface area is 172 Å². The van der Waals surface area contributed by atoms with Gasteiger partial charge in [0.15, 0.2) is 0 Å². The van der Waals surface area contributed by atoms with E-state index in [1.807, 2.05) is 26.0 Å². The molecule has 3 rings (SSSR count). The highest BCUT2D eigenvalue weighted by molar-refractivity contribution is 7.89. The van der Waals surface area contributed by atoms with Gasteiger partial charge in [0.25, 0.3) is 5.91 Å². The number of hydrogen-bond acceptors (Lipinski definition) is 4. The fraction of sp³-hybridized carbons (Fsp3) is 0.409. The zero-order valence-electron chi connectivity index (χ0n) is 17.1. The molecule has 1 heterocycles. The maximum atomic E-state index is 13.2. The predicted molar refractivity (Wildman–Crippen MR) is 114 cm³/mol. The molecular weight excluding hydrogens is 388 g/mol. The van der Waals surface area contributed by atoms with E-state index in [1.54, 1.807) is 35.5 Å². The summed E-state index contributed by atoms with van der Waals surface area (Å²) in [7, 11) is -3.64. The van der Waals surface area contributed by atoms with Crippen LogP contribution in [0.25, 0.3) is 0 Å². The smallest absolute Gasteiger partial charge is 0.256 e. The van der Waals surface area contributed by atoms with Crippen molar-refractivity contribution in [1.82, 2.24) is 4.31 Å². The maximum absolute atomic E-state index is 13.2. The highest BCUT2D eigenvalue weighted by atomic mass is 32.2. The second-order valence-corrected chi connectivity index (χ2v) is 9.21. The van der Waals surface area contributed by atoms with Crippen molar-refractivity contribution in [2.75, 3.05) is 18.5 Å². The number of anilines is 1. The summed E-state index contributed by atoms with van der Waals surface area (Å²) in [6.07, 6.45) is 2.75. The van der Waals surface area contributed by atoms with E-state index in [2.05, 4.69) is 5.32 Å². The first kappa shape index (κ1) is 21.3. The minimum absolute atomic E-state index is 0.0367. The minimum Gasteiger partial charge on any atom is -0.492 e. The van der Waals surface area contributed by atoms with Gasteiger partial charge in [-0.05, 0) is 63.4 Å². The summed E-state index contributed by atoms with van der Waals surface area (Å²) < 4.78 is 33.4. The molecule has 1 aliphatic heterocycles. The molecule has 1 amide bonds. The summed E-state index contributed by atoms with van der Waals surface area (Å²) >= 11 is 0. The van der Waals surface area contributed by atoms with Crippen LogP contribution >= 0.6 is 0 Å². The van der Waals surface area contributed by atoms with Gasteiger partial charge in [-0.25, -0.2) is 8.42 Å². The second-order valence-electron chi connectivity index (χ2n) is 7.32. The predicted octanol–water partition coefficient (Wildman–Crippen LogP) is 4.21. The number of ether oxygens (including phenoxy) is 1. The summed E-state index contributed by atoms with van der Waals surface area (Å²) in [6, 6.07) is 11.9. The summed E-state index contributed by atoms with van der Waals surface area (Å²) in [5.74, 6) is 0.213. The van der Waals surface area contributed by atoms with E-state index in [0.29, 0.717) is 35.7 Å². The van der Waals surface area contributed by atoms with Crippen molar-refractivity contribution < 1.29 is 17.9 Å². The number of nitrogens with one attached hydrogen (secondary N) is 1. The lowest BCUT2D eigenvalue weighted by Gasteiger charge is -2.32. The van der Waals surface area contributed by atoms with Crippen molar-refractivity contribution in [2.24, 2.45) is 0 Å². The Balaban J connectivity index is 1.90. The molecule has 6 nitrogen and oxygen atoms in total. The molecule has 1 unspecified atom stereocenters. The fourth-order valence-corrected chi connectivity index (χ4v) is 5.34. The minimum atomic E-state index is -3.64. The maximum Gasteiger partial charge on any atom is 0.256 e. The number of aryl methyl sites for hydroxylation is 1. The Hall–Kier alpha value is -2.38. The number of para-hydroxylation sites is 2. The third kappa shape index (κ3) is 4.62. The van der Waals surface area contributed by atoms with E-state index < -0.39 is 10.0 Å². The first-order chi connectivity index (χ1) is 13.8. The average molecular weight is 417 g/mol. The summed E-state index contributed by atoms with van der Waals surface area (Å²) in [6.45, 7) is 6.60. The number of benzene rings is 2. The normalized spacial score (nSPS) is 17.7. The Kier molecular flexibility index (Phi) is 6.59. The zero-order valence-corrected chi connectivity index (χ0v) is 18.0. The lowest BCUT2D eigenvalue weighted by Crippen LogP contribution is -2.42. The number of sulfonamides is 1. The molecule has 1 fully saturated rings. The largest absolute Gasteiger partial charge is 0.492 e. The molecular formula is C22H28N2O4S. The van der Waals surface area contributed by atoms with Gasteiger partial charge < -0.3 is 10.1 Å². The number of carbonyl (C=O) groups is 1. The van der Waals surface area contributed by atoms with Crippen molar-refractivity contribution in [1.29, 1.82) is 0 Å². The third-order valence-electron chi connectivity index (χ3n) is 5.24. The molecule has 2 aromatic carbocycles. The molecule has 156 valence electrons. The van der Waals surface area contributed by atoms with Gasteiger partial charge in [0.2, 0.25) is 10.0 Å². The van der Waals surface area contributed by atoms with E-state index in [1.165, 1.54) is 6.07 Å². The monoisotopic (exact) mass is 416 g/mol. The van der Waals surface area contributed by atoms with Crippen molar-refractivity contribution in [2.45, 2.75) is 51.0 Å². The van der Waals surface area contributed by atoms with E-state index in [-0.39, 0.29) is 16.8 Å². The van der Waals surface area contributed by atoms with Gasteiger partial charge >= 0.3 is 0 Å². The molecule has 1 N–H and O–H groups in total. The van der Waals surface area contributed by atoms with Gasteiger partial charge in [-0.1, -0.05) is 24.6 Å². The number of amides is 1. The van der Waals surface area contributed by atoms with Crippen molar-refractivity contribution in [3.8, 4) is 5.75 Å². The number of hydrogen-bond donors (Lipinski definition) is 1. The van der Waals surface area contributed by atoms with Crippen molar-refractivity contribution in [3.63, 3.8) is 0 Å². The fourth-order valence-electron chi connectivity index (χ4n) is 3.61. The van der Waals surface area contributed by atoms with Crippen molar-refractivity contribution >= 4 is 21.6 Å².